The minimum Gasteiger partial charge on any atom is -0.321 e. The first-order chi connectivity index (χ1) is 8.88. The highest BCUT2D eigenvalue weighted by Gasteiger charge is 2.22. The van der Waals surface area contributed by atoms with Gasteiger partial charge in [0.1, 0.15) is 0 Å². The maximum Gasteiger partial charge on any atom is 0.0453 e. The lowest BCUT2D eigenvalue weighted by atomic mass is 9.86. The van der Waals surface area contributed by atoms with Crippen LogP contribution in [-0.4, -0.2) is 0 Å². The SMILES string of the molecule is Cc1ccc(C(C)(N)Cc2ccc(Cl)cc2Cl)cc1. The summed E-state index contributed by atoms with van der Waals surface area (Å²) in [5.74, 6) is 0. The third-order valence-electron chi connectivity index (χ3n) is 3.28. The molecule has 0 spiro atoms. The van der Waals surface area contributed by atoms with Gasteiger partial charge in [0.15, 0.2) is 0 Å². The van der Waals surface area contributed by atoms with E-state index < -0.39 is 5.54 Å². The first-order valence-corrected chi connectivity index (χ1v) is 6.94. The average Bonchev–Trinajstić information content (AvgIpc) is 2.33. The maximum absolute atomic E-state index is 6.44. The summed E-state index contributed by atoms with van der Waals surface area (Å²) in [4.78, 5) is 0. The Labute approximate surface area is 124 Å². The third kappa shape index (κ3) is 3.50. The Kier molecular flexibility index (Phi) is 4.19. The quantitative estimate of drug-likeness (QED) is 0.871. The number of rotatable bonds is 3. The van der Waals surface area contributed by atoms with Crippen molar-refractivity contribution in [1.82, 2.24) is 0 Å². The molecule has 1 unspecified atom stereocenters. The standard InChI is InChI=1S/C16H17Cl2N/c1-11-3-6-13(7-4-11)16(2,19)10-12-5-8-14(17)9-15(12)18/h3-9H,10,19H2,1-2H3. The first-order valence-electron chi connectivity index (χ1n) is 6.18. The summed E-state index contributed by atoms with van der Waals surface area (Å²) < 4.78 is 0. The van der Waals surface area contributed by atoms with Crippen molar-refractivity contribution in [1.29, 1.82) is 0 Å². The summed E-state index contributed by atoms with van der Waals surface area (Å²) in [6.07, 6.45) is 0.673. The molecule has 100 valence electrons. The van der Waals surface area contributed by atoms with Crippen molar-refractivity contribution in [2.75, 3.05) is 0 Å². The molecule has 2 N–H and O–H groups in total. The van der Waals surface area contributed by atoms with Gasteiger partial charge in [0.2, 0.25) is 0 Å². The van der Waals surface area contributed by atoms with E-state index in [1.807, 2.05) is 19.1 Å². The van der Waals surface area contributed by atoms with Gasteiger partial charge >= 0.3 is 0 Å². The molecule has 0 aliphatic heterocycles. The lowest BCUT2D eigenvalue weighted by molar-refractivity contribution is 0.491. The number of hydrogen-bond acceptors (Lipinski definition) is 1. The maximum atomic E-state index is 6.44. The van der Waals surface area contributed by atoms with Gasteiger partial charge in [-0.25, -0.2) is 0 Å². The summed E-state index contributed by atoms with van der Waals surface area (Å²) in [6.45, 7) is 4.08. The molecule has 0 radical (unpaired) electrons. The van der Waals surface area contributed by atoms with E-state index >= 15 is 0 Å². The normalized spacial score (nSPS) is 14.2. The molecule has 0 fully saturated rings. The summed E-state index contributed by atoms with van der Waals surface area (Å²) in [5, 5.41) is 1.30. The lowest BCUT2D eigenvalue weighted by Crippen LogP contribution is -2.35. The Morgan fingerprint density at radius 2 is 1.68 bits per heavy atom. The fraction of sp³-hybridized carbons (Fsp3) is 0.250. The summed E-state index contributed by atoms with van der Waals surface area (Å²) in [7, 11) is 0. The van der Waals surface area contributed by atoms with Crippen molar-refractivity contribution < 1.29 is 0 Å². The molecule has 3 heteroatoms. The number of hydrogen-bond donors (Lipinski definition) is 1. The molecule has 0 aromatic heterocycles. The van der Waals surface area contributed by atoms with E-state index in [2.05, 4.69) is 31.2 Å². The summed E-state index contributed by atoms with van der Waals surface area (Å²) in [5.41, 5.74) is 9.32. The van der Waals surface area contributed by atoms with Crippen molar-refractivity contribution in [3.05, 3.63) is 69.2 Å². The van der Waals surface area contributed by atoms with E-state index in [0.717, 1.165) is 11.1 Å². The molecule has 2 aromatic rings. The van der Waals surface area contributed by atoms with Gasteiger partial charge in [-0.15, -0.1) is 0 Å². The molecule has 1 atom stereocenters. The van der Waals surface area contributed by atoms with Gasteiger partial charge in [0.05, 0.1) is 0 Å². The Morgan fingerprint density at radius 3 is 2.26 bits per heavy atom. The predicted molar refractivity (Wildman–Crippen MR) is 82.9 cm³/mol. The molecule has 1 nitrogen and oxygen atoms in total. The van der Waals surface area contributed by atoms with Crippen LogP contribution in [0, 0.1) is 6.92 Å². The Balaban J connectivity index is 2.27. The molecule has 0 saturated carbocycles. The second-order valence-electron chi connectivity index (χ2n) is 5.20. The zero-order chi connectivity index (χ0) is 14.0. The van der Waals surface area contributed by atoms with Crippen LogP contribution in [0.4, 0.5) is 0 Å². The first kappa shape index (κ1) is 14.4. The van der Waals surface area contributed by atoms with Gasteiger partial charge in [-0.2, -0.15) is 0 Å². The van der Waals surface area contributed by atoms with E-state index in [9.17, 15) is 0 Å². The zero-order valence-corrected chi connectivity index (χ0v) is 12.6. The van der Waals surface area contributed by atoms with Crippen molar-refractivity contribution in [3.8, 4) is 0 Å². The van der Waals surface area contributed by atoms with Crippen molar-refractivity contribution in [2.45, 2.75) is 25.8 Å². The molecule has 0 bridgehead atoms. The van der Waals surface area contributed by atoms with Gasteiger partial charge in [0, 0.05) is 15.6 Å². The van der Waals surface area contributed by atoms with Gasteiger partial charge in [-0.05, 0) is 43.5 Å². The highest BCUT2D eigenvalue weighted by molar-refractivity contribution is 6.35. The monoisotopic (exact) mass is 293 g/mol. The number of nitrogens with two attached hydrogens (primary N) is 1. The van der Waals surface area contributed by atoms with Gasteiger partial charge in [0.25, 0.3) is 0 Å². The molecule has 0 aliphatic carbocycles. The van der Waals surface area contributed by atoms with Crippen LogP contribution >= 0.6 is 23.2 Å². The summed E-state index contributed by atoms with van der Waals surface area (Å²) >= 11 is 12.1. The number of halogens is 2. The summed E-state index contributed by atoms with van der Waals surface area (Å²) in [6, 6.07) is 13.8. The molecular weight excluding hydrogens is 277 g/mol. The van der Waals surface area contributed by atoms with Crippen LogP contribution in [0.2, 0.25) is 10.0 Å². The molecule has 19 heavy (non-hydrogen) atoms. The molecule has 2 rings (SSSR count). The average molecular weight is 294 g/mol. The largest absolute Gasteiger partial charge is 0.321 e. The number of aryl methyl sites for hydroxylation is 1. The van der Waals surface area contributed by atoms with Crippen molar-refractivity contribution >= 4 is 23.2 Å². The van der Waals surface area contributed by atoms with Gasteiger partial charge in [-0.1, -0.05) is 59.1 Å². The molecule has 0 amide bonds. The lowest BCUT2D eigenvalue weighted by Gasteiger charge is -2.26. The minimum absolute atomic E-state index is 0.453. The highest BCUT2D eigenvalue weighted by Crippen LogP contribution is 2.28. The van der Waals surface area contributed by atoms with Crippen LogP contribution in [-0.2, 0) is 12.0 Å². The fourth-order valence-electron chi connectivity index (χ4n) is 2.10. The Hall–Kier alpha value is -1.02. The highest BCUT2D eigenvalue weighted by atomic mass is 35.5. The molecule has 0 heterocycles. The van der Waals surface area contributed by atoms with Crippen LogP contribution in [0.25, 0.3) is 0 Å². The van der Waals surface area contributed by atoms with E-state index in [1.54, 1.807) is 6.07 Å². The van der Waals surface area contributed by atoms with E-state index in [-0.39, 0.29) is 0 Å². The second-order valence-corrected chi connectivity index (χ2v) is 6.04. The van der Waals surface area contributed by atoms with Gasteiger partial charge < -0.3 is 5.73 Å². The van der Waals surface area contributed by atoms with Crippen LogP contribution < -0.4 is 5.73 Å². The van der Waals surface area contributed by atoms with E-state index in [1.165, 1.54) is 5.56 Å². The third-order valence-corrected chi connectivity index (χ3v) is 3.87. The topological polar surface area (TPSA) is 26.0 Å². The smallest absolute Gasteiger partial charge is 0.0453 e. The van der Waals surface area contributed by atoms with Crippen LogP contribution in [0.5, 0.6) is 0 Å². The molecular formula is C16H17Cl2N. The van der Waals surface area contributed by atoms with E-state index in [4.69, 9.17) is 28.9 Å². The fourth-order valence-corrected chi connectivity index (χ4v) is 2.57. The zero-order valence-electron chi connectivity index (χ0n) is 11.1. The number of benzene rings is 2. The van der Waals surface area contributed by atoms with E-state index in [0.29, 0.717) is 16.5 Å². The van der Waals surface area contributed by atoms with Crippen molar-refractivity contribution in [3.63, 3.8) is 0 Å². The van der Waals surface area contributed by atoms with Crippen molar-refractivity contribution in [2.24, 2.45) is 5.73 Å². The second kappa shape index (κ2) is 5.54. The van der Waals surface area contributed by atoms with Crippen LogP contribution in [0.3, 0.4) is 0 Å². The van der Waals surface area contributed by atoms with Crippen LogP contribution in [0.1, 0.15) is 23.6 Å². The Morgan fingerprint density at radius 1 is 1.05 bits per heavy atom. The molecule has 0 saturated heterocycles. The molecule has 0 aliphatic rings. The molecule has 2 aromatic carbocycles. The predicted octanol–water partition coefficient (Wildman–Crippen LogP) is 4.72. The Bertz CT molecular complexity index is 574. The van der Waals surface area contributed by atoms with Gasteiger partial charge in [-0.3, -0.25) is 0 Å². The minimum atomic E-state index is -0.453. The van der Waals surface area contributed by atoms with Crippen LogP contribution in [0.15, 0.2) is 42.5 Å².